The molecule has 0 spiro atoms. The van der Waals surface area contributed by atoms with Crippen molar-refractivity contribution in [2.45, 2.75) is 13.0 Å². The number of hydrogen-bond donors (Lipinski definition) is 1. The minimum absolute atomic E-state index is 0.162. The summed E-state index contributed by atoms with van der Waals surface area (Å²) >= 11 is 5.93. The van der Waals surface area contributed by atoms with Crippen LogP contribution in [-0.2, 0) is 9.53 Å². The molecule has 3 aromatic rings. The van der Waals surface area contributed by atoms with E-state index in [-0.39, 0.29) is 5.56 Å². The number of carbonyl (C=O) groups excluding carboxylic acids is 2. The standard InChI is InChI=1S/C21H18ClNO4/c1-13(27-21(25)18-12-16(22)8-10-19(18)26-2)20(24)23-17-9-7-14-5-3-4-6-15(14)11-17/h3-13H,1-2H3,(H,23,24)/t13-/m0/s1. The van der Waals surface area contributed by atoms with Crippen LogP contribution in [0.25, 0.3) is 10.8 Å². The van der Waals surface area contributed by atoms with Crippen molar-refractivity contribution in [2.75, 3.05) is 12.4 Å². The summed E-state index contributed by atoms with van der Waals surface area (Å²) in [4.78, 5) is 24.8. The summed E-state index contributed by atoms with van der Waals surface area (Å²) in [6, 6.07) is 18.0. The zero-order chi connectivity index (χ0) is 19.4. The van der Waals surface area contributed by atoms with E-state index < -0.39 is 18.0 Å². The average molecular weight is 384 g/mol. The van der Waals surface area contributed by atoms with Gasteiger partial charge in [0.15, 0.2) is 6.10 Å². The number of nitrogens with one attached hydrogen (secondary N) is 1. The number of esters is 1. The molecule has 27 heavy (non-hydrogen) atoms. The van der Waals surface area contributed by atoms with E-state index in [9.17, 15) is 9.59 Å². The molecular formula is C21H18ClNO4. The molecule has 138 valence electrons. The molecule has 0 saturated carbocycles. The molecule has 0 unspecified atom stereocenters. The highest BCUT2D eigenvalue weighted by molar-refractivity contribution is 6.31. The number of hydrogen-bond acceptors (Lipinski definition) is 4. The summed E-state index contributed by atoms with van der Waals surface area (Å²) in [6.45, 7) is 1.51. The normalized spacial score (nSPS) is 11.7. The summed E-state index contributed by atoms with van der Waals surface area (Å²) in [5, 5.41) is 5.20. The van der Waals surface area contributed by atoms with Gasteiger partial charge in [0.1, 0.15) is 11.3 Å². The molecule has 6 heteroatoms. The molecule has 5 nitrogen and oxygen atoms in total. The highest BCUT2D eigenvalue weighted by atomic mass is 35.5. The van der Waals surface area contributed by atoms with Crippen LogP contribution in [0.4, 0.5) is 5.69 Å². The van der Waals surface area contributed by atoms with E-state index in [4.69, 9.17) is 21.1 Å². The third-order valence-electron chi connectivity index (χ3n) is 4.05. The van der Waals surface area contributed by atoms with Gasteiger partial charge in [-0.2, -0.15) is 0 Å². The Hall–Kier alpha value is -3.05. The molecule has 3 rings (SSSR count). The molecule has 1 amide bonds. The summed E-state index contributed by atoms with van der Waals surface area (Å²) in [6.07, 6.45) is -0.993. The maximum absolute atomic E-state index is 12.4. The van der Waals surface area contributed by atoms with Crippen molar-refractivity contribution in [3.8, 4) is 5.75 Å². The van der Waals surface area contributed by atoms with Crippen LogP contribution in [0.1, 0.15) is 17.3 Å². The van der Waals surface area contributed by atoms with Gasteiger partial charge in [-0.25, -0.2) is 4.79 Å². The van der Waals surface area contributed by atoms with Crippen molar-refractivity contribution >= 4 is 39.9 Å². The van der Waals surface area contributed by atoms with Crippen molar-refractivity contribution < 1.29 is 19.1 Å². The lowest BCUT2D eigenvalue weighted by Gasteiger charge is -2.15. The Balaban J connectivity index is 1.69. The second-order valence-electron chi connectivity index (χ2n) is 5.94. The molecule has 1 atom stereocenters. The van der Waals surface area contributed by atoms with Gasteiger partial charge in [-0.1, -0.05) is 41.9 Å². The van der Waals surface area contributed by atoms with Crippen LogP contribution in [0, 0.1) is 0 Å². The second kappa shape index (κ2) is 8.10. The van der Waals surface area contributed by atoms with Gasteiger partial charge in [0.2, 0.25) is 0 Å². The maximum Gasteiger partial charge on any atom is 0.342 e. The third kappa shape index (κ3) is 4.38. The predicted octanol–water partition coefficient (Wildman–Crippen LogP) is 4.69. The number of amides is 1. The number of halogens is 1. The van der Waals surface area contributed by atoms with Gasteiger partial charge >= 0.3 is 5.97 Å². The summed E-state index contributed by atoms with van der Waals surface area (Å²) in [7, 11) is 1.44. The third-order valence-corrected chi connectivity index (χ3v) is 4.29. The quantitative estimate of drug-likeness (QED) is 0.649. The van der Waals surface area contributed by atoms with E-state index in [1.807, 2.05) is 36.4 Å². The SMILES string of the molecule is COc1ccc(Cl)cc1C(=O)O[C@@H](C)C(=O)Nc1ccc2ccccc2c1. The van der Waals surface area contributed by atoms with Crippen LogP contribution in [0.2, 0.25) is 5.02 Å². The van der Waals surface area contributed by atoms with Crippen molar-refractivity contribution in [3.63, 3.8) is 0 Å². The molecule has 0 fully saturated rings. The Kier molecular flexibility index (Phi) is 5.62. The maximum atomic E-state index is 12.4. The fourth-order valence-corrected chi connectivity index (χ4v) is 2.80. The number of ether oxygens (including phenoxy) is 2. The average Bonchev–Trinajstić information content (AvgIpc) is 2.67. The van der Waals surface area contributed by atoms with E-state index in [1.54, 1.807) is 18.2 Å². The molecule has 3 aromatic carbocycles. The first-order valence-electron chi connectivity index (χ1n) is 8.32. The predicted molar refractivity (Wildman–Crippen MR) is 105 cm³/mol. The topological polar surface area (TPSA) is 64.6 Å². The van der Waals surface area contributed by atoms with E-state index in [2.05, 4.69) is 5.32 Å². The van der Waals surface area contributed by atoms with Gasteiger partial charge in [0.05, 0.1) is 7.11 Å². The molecule has 0 heterocycles. The first-order chi connectivity index (χ1) is 13.0. The van der Waals surface area contributed by atoms with Gasteiger partial charge in [-0.05, 0) is 48.0 Å². The zero-order valence-electron chi connectivity index (χ0n) is 14.9. The number of rotatable bonds is 5. The fourth-order valence-electron chi connectivity index (χ4n) is 2.63. The summed E-state index contributed by atoms with van der Waals surface area (Å²) in [5.74, 6) is -0.790. The van der Waals surface area contributed by atoms with E-state index in [0.29, 0.717) is 16.5 Å². The Morgan fingerprint density at radius 2 is 1.74 bits per heavy atom. The van der Waals surface area contributed by atoms with Crippen LogP contribution in [-0.4, -0.2) is 25.1 Å². The summed E-state index contributed by atoms with van der Waals surface area (Å²) in [5.41, 5.74) is 0.789. The molecule has 0 aromatic heterocycles. The lowest BCUT2D eigenvalue weighted by Crippen LogP contribution is -2.30. The minimum Gasteiger partial charge on any atom is -0.496 e. The molecule has 0 bridgehead atoms. The Morgan fingerprint density at radius 1 is 1.00 bits per heavy atom. The van der Waals surface area contributed by atoms with Crippen LogP contribution in [0.15, 0.2) is 60.7 Å². The van der Waals surface area contributed by atoms with Crippen molar-refractivity contribution in [2.24, 2.45) is 0 Å². The van der Waals surface area contributed by atoms with Crippen molar-refractivity contribution in [1.29, 1.82) is 0 Å². The molecular weight excluding hydrogens is 366 g/mol. The molecule has 0 aliphatic rings. The number of methoxy groups -OCH3 is 1. The first-order valence-corrected chi connectivity index (χ1v) is 8.70. The zero-order valence-corrected chi connectivity index (χ0v) is 15.6. The smallest absolute Gasteiger partial charge is 0.342 e. The number of benzene rings is 3. The van der Waals surface area contributed by atoms with E-state index in [1.165, 1.54) is 20.1 Å². The van der Waals surface area contributed by atoms with Gasteiger partial charge in [0.25, 0.3) is 5.91 Å². The van der Waals surface area contributed by atoms with Gasteiger partial charge in [-0.3, -0.25) is 4.79 Å². The Bertz CT molecular complexity index is 1000. The Labute approximate surface area is 161 Å². The van der Waals surface area contributed by atoms with Crippen LogP contribution < -0.4 is 10.1 Å². The van der Waals surface area contributed by atoms with Crippen molar-refractivity contribution in [1.82, 2.24) is 0 Å². The molecule has 0 aliphatic heterocycles. The number of anilines is 1. The van der Waals surface area contributed by atoms with Crippen molar-refractivity contribution in [3.05, 3.63) is 71.2 Å². The highest BCUT2D eigenvalue weighted by Crippen LogP contribution is 2.24. The largest absolute Gasteiger partial charge is 0.496 e. The molecule has 0 radical (unpaired) electrons. The van der Waals surface area contributed by atoms with Crippen LogP contribution in [0.3, 0.4) is 0 Å². The second-order valence-corrected chi connectivity index (χ2v) is 6.38. The van der Waals surface area contributed by atoms with Gasteiger partial charge < -0.3 is 14.8 Å². The monoisotopic (exact) mass is 383 g/mol. The molecule has 1 N–H and O–H groups in total. The Morgan fingerprint density at radius 3 is 2.48 bits per heavy atom. The first kappa shape index (κ1) is 18.7. The molecule has 0 aliphatic carbocycles. The summed E-state index contributed by atoms with van der Waals surface area (Å²) < 4.78 is 10.4. The minimum atomic E-state index is -0.993. The lowest BCUT2D eigenvalue weighted by atomic mass is 10.1. The van der Waals surface area contributed by atoms with Crippen LogP contribution >= 0.6 is 11.6 Å². The van der Waals surface area contributed by atoms with Gasteiger partial charge in [-0.15, -0.1) is 0 Å². The van der Waals surface area contributed by atoms with Crippen LogP contribution in [0.5, 0.6) is 5.75 Å². The highest BCUT2D eigenvalue weighted by Gasteiger charge is 2.22. The number of carbonyl (C=O) groups is 2. The molecule has 0 saturated heterocycles. The van der Waals surface area contributed by atoms with E-state index >= 15 is 0 Å². The fraction of sp³-hybridized carbons (Fsp3) is 0.143. The van der Waals surface area contributed by atoms with E-state index in [0.717, 1.165) is 10.8 Å². The lowest BCUT2D eigenvalue weighted by molar-refractivity contribution is -0.123. The van der Waals surface area contributed by atoms with Gasteiger partial charge in [0, 0.05) is 10.7 Å². The number of fused-ring (bicyclic) bond motifs is 1.